The Balaban J connectivity index is 1.75. The molecule has 2 heterocycles. The zero-order chi connectivity index (χ0) is 20.1. The summed E-state index contributed by atoms with van der Waals surface area (Å²) in [7, 11) is 1.63. The molecule has 0 saturated heterocycles. The number of aromatic nitrogens is 3. The van der Waals surface area contributed by atoms with E-state index in [1.54, 1.807) is 17.8 Å². The predicted octanol–water partition coefficient (Wildman–Crippen LogP) is 2.64. The molecular weight excluding hydrogens is 396 g/mol. The Morgan fingerprint density at radius 3 is 2.86 bits per heavy atom. The van der Waals surface area contributed by atoms with Crippen molar-refractivity contribution >= 4 is 39.8 Å². The van der Waals surface area contributed by atoms with Gasteiger partial charge in [-0.1, -0.05) is 41.7 Å². The van der Waals surface area contributed by atoms with Gasteiger partial charge in [0.15, 0.2) is 9.60 Å². The zero-order valence-corrected chi connectivity index (χ0v) is 17.0. The number of amides is 1. The van der Waals surface area contributed by atoms with Crippen LogP contribution in [0, 0.1) is 3.95 Å². The quantitative estimate of drug-likeness (QED) is 0.451. The van der Waals surface area contributed by atoms with Crippen LogP contribution in [-0.4, -0.2) is 27.1 Å². The first-order valence-electron chi connectivity index (χ1n) is 8.57. The Kier molecular flexibility index (Phi) is 6.50. The normalized spacial score (nSPS) is 10.9. The number of thiazole rings is 1. The number of allylic oxidation sites excluding steroid dienone is 1. The van der Waals surface area contributed by atoms with E-state index in [0.29, 0.717) is 34.0 Å². The summed E-state index contributed by atoms with van der Waals surface area (Å²) in [4.78, 5) is 29.4. The summed E-state index contributed by atoms with van der Waals surface area (Å²) in [5.74, 6) is -0.274. The number of hydrogen-bond acceptors (Lipinski definition) is 6. The lowest BCUT2D eigenvalue weighted by Crippen LogP contribution is -2.32. The van der Waals surface area contributed by atoms with E-state index in [1.807, 2.05) is 24.3 Å². The van der Waals surface area contributed by atoms with Crippen LogP contribution >= 0.6 is 23.6 Å². The van der Waals surface area contributed by atoms with Gasteiger partial charge in [-0.15, -0.1) is 6.58 Å². The van der Waals surface area contributed by atoms with Gasteiger partial charge in [0.05, 0.1) is 6.61 Å². The molecule has 1 aromatic carbocycles. The van der Waals surface area contributed by atoms with Gasteiger partial charge in [0.25, 0.3) is 5.56 Å². The van der Waals surface area contributed by atoms with Crippen LogP contribution in [0.4, 0.5) is 0 Å². The van der Waals surface area contributed by atoms with Gasteiger partial charge in [-0.05, 0) is 23.3 Å². The molecule has 0 saturated carbocycles. The standard InChI is InChI=1S/C19H20N4O3S2/c1-3-8-23-17-16(28-19(23)27)18(25)22(12-21-17)10-15(24)20-9-13-6-4-5-7-14(13)11-26-2/h3-7,12H,1,8-11H2,2H3,(H,20,24). The lowest BCUT2D eigenvalue weighted by Gasteiger charge is -2.11. The van der Waals surface area contributed by atoms with Gasteiger partial charge in [0, 0.05) is 20.2 Å². The topological polar surface area (TPSA) is 78.2 Å². The number of carbonyl (C=O) groups excluding carboxylic acids is 1. The smallest absolute Gasteiger partial charge is 0.273 e. The number of nitrogens with one attached hydrogen (secondary N) is 1. The van der Waals surface area contributed by atoms with Crippen LogP contribution in [0.3, 0.4) is 0 Å². The second kappa shape index (κ2) is 9.05. The Morgan fingerprint density at radius 2 is 2.14 bits per heavy atom. The van der Waals surface area contributed by atoms with E-state index in [4.69, 9.17) is 17.0 Å². The average molecular weight is 417 g/mol. The summed E-state index contributed by atoms with van der Waals surface area (Å²) in [5, 5.41) is 2.84. The highest BCUT2D eigenvalue weighted by Gasteiger charge is 2.13. The summed E-state index contributed by atoms with van der Waals surface area (Å²) in [6.45, 7) is 4.89. The van der Waals surface area contributed by atoms with Gasteiger partial charge >= 0.3 is 0 Å². The predicted molar refractivity (Wildman–Crippen MR) is 112 cm³/mol. The Labute approximate surface area is 170 Å². The molecule has 0 bridgehead atoms. The maximum absolute atomic E-state index is 12.7. The molecule has 0 aliphatic rings. The van der Waals surface area contributed by atoms with Crippen LogP contribution in [0.5, 0.6) is 0 Å². The molecule has 146 valence electrons. The van der Waals surface area contributed by atoms with Crippen molar-refractivity contribution in [3.63, 3.8) is 0 Å². The maximum Gasteiger partial charge on any atom is 0.273 e. The largest absolute Gasteiger partial charge is 0.380 e. The molecule has 2 aromatic heterocycles. The molecule has 1 N–H and O–H groups in total. The van der Waals surface area contributed by atoms with Gasteiger partial charge in [0.1, 0.15) is 17.6 Å². The molecule has 28 heavy (non-hydrogen) atoms. The molecular formula is C19H20N4O3S2. The van der Waals surface area contributed by atoms with Gasteiger partial charge < -0.3 is 14.6 Å². The van der Waals surface area contributed by atoms with Crippen LogP contribution in [0.25, 0.3) is 10.3 Å². The number of nitrogens with zero attached hydrogens (tertiary/aromatic N) is 3. The lowest BCUT2D eigenvalue weighted by atomic mass is 10.1. The van der Waals surface area contributed by atoms with E-state index in [2.05, 4.69) is 16.9 Å². The number of methoxy groups -OCH3 is 1. The second-order valence-electron chi connectivity index (χ2n) is 6.08. The highest BCUT2D eigenvalue weighted by molar-refractivity contribution is 7.73. The van der Waals surface area contributed by atoms with Crippen LogP contribution in [0.15, 0.2) is 48.0 Å². The van der Waals surface area contributed by atoms with Crippen LogP contribution in [0.2, 0.25) is 0 Å². The number of fused-ring (bicyclic) bond motifs is 1. The highest BCUT2D eigenvalue weighted by atomic mass is 32.1. The Hall–Kier alpha value is -2.62. The van der Waals surface area contributed by atoms with Gasteiger partial charge in [-0.25, -0.2) is 4.98 Å². The van der Waals surface area contributed by atoms with E-state index in [9.17, 15) is 9.59 Å². The van der Waals surface area contributed by atoms with Crippen molar-refractivity contribution in [2.75, 3.05) is 7.11 Å². The number of rotatable bonds is 8. The van der Waals surface area contributed by atoms with Gasteiger partial charge in [-0.2, -0.15) is 0 Å². The van der Waals surface area contributed by atoms with Crippen molar-refractivity contribution in [1.29, 1.82) is 0 Å². The fraction of sp³-hybridized carbons (Fsp3) is 0.263. The third-order valence-electron chi connectivity index (χ3n) is 4.16. The van der Waals surface area contributed by atoms with Crippen LogP contribution < -0.4 is 10.9 Å². The number of hydrogen-bond donors (Lipinski definition) is 1. The summed E-state index contributed by atoms with van der Waals surface area (Å²) < 4.78 is 9.21. The number of benzene rings is 1. The Bertz CT molecular complexity index is 1130. The van der Waals surface area contributed by atoms with Crippen molar-refractivity contribution in [2.24, 2.45) is 0 Å². The summed E-state index contributed by atoms with van der Waals surface area (Å²) in [5.41, 5.74) is 2.22. The highest BCUT2D eigenvalue weighted by Crippen LogP contribution is 2.17. The molecule has 0 unspecified atom stereocenters. The maximum atomic E-state index is 12.7. The first kappa shape index (κ1) is 20.1. The Morgan fingerprint density at radius 1 is 1.39 bits per heavy atom. The minimum Gasteiger partial charge on any atom is -0.380 e. The molecule has 3 rings (SSSR count). The summed E-state index contributed by atoms with van der Waals surface area (Å²) >= 11 is 6.49. The molecule has 0 atom stereocenters. The van der Waals surface area contributed by atoms with Crippen LogP contribution in [-0.2, 0) is 35.8 Å². The fourth-order valence-electron chi connectivity index (χ4n) is 2.81. The molecule has 0 spiro atoms. The zero-order valence-electron chi connectivity index (χ0n) is 15.4. The molecule has 3 aromatic rings. The molecule has 7 nitrogen and oxygen atoms in total. The third kappa shape index (κ3) is 4.27. The molecule has 9 heteroatoms. The second-order valence-corrected chi connectivity index (χ2v) is 7.72. The van der Waals surface area contributed by atoms with Gasteiger partial charge in [-0.3, -0.25) is 14.2 Å². The molecule has 0 aliphatic carbocycles. The summed E-state index contributed by atoms with van der Waals surface area (Å²) in [6.07, 6.45) is 3.08. The van der Waals surface area contributed by atoms with Gasteiger partial charge in [0.2, 0.25) is 5.91 Å². The number of carbonyl (C=O) groups is 1. The summed E-state index contributed by atoms with van der Waals surface area (Å²) in [6, 6.07) is 7.72. The van der Waals surface area contributed by atoms with Crippen molar-refractivity contribution in [1.82, 2.24) is 19.4 Å². The van der Waals surface area contributed by atoms with Crippen molar-refractivity contribution in [2.45, 2.75) is 26.2 Å². The lowest BCUT2D eigenvalue weighted by molar-refractivity contribution is -0.121. The van der Waals surface area contributed by atoms with Crippen LogP contribution in [0.1, 0.15) is 11.1 Å². The minimum absolute atomic E-state index is 0.111. The molecule has 0 fully saturated rings. The fourth-order valence-corrected chi connectivity index (χ4v) is 4.12. The van der Waals surface area contributed by atoms with Crippen molar-refractivity contribution in [3.8, 4) is 0 Å². The van der Waals surface area contributed by atoms with E-state index in [-0.39, 0.29) is 18.0 Å². The molecule has 0 radical (unpaired) electrons. The monoisotopic (exact) mass is 416 g/mol. The molecule has 0 aliphatic heterocycles. The number of ether oxygens (including phenoxy) is 1. The van der Waals surface area contributed by atoms with E-state index >= 15 is 0 Å². The van der Waals surface area contributed by atoms with E-state index in [0.717, 1.165) is 11.1 Å². The van der Waals surface area contributed by atoms with Crippen molar-refractivity contribution in [3.05, 3.63) is 68.7 Å². The molecule has 1 amide bonds. The van der Waals surface area contributed by atoms with E-state index in [1.165, 1.54) is 22.2 Å². The SMILES string of the molecule is C=CCn1c(=S)sc2c(=O)n(CC(=O)NCc3ccccc3COC)cnc21. The first-order chi connectivity index (χ1) is 13.5. The average Bonchev–Trinajstić information content (AvgIpc) is 3.00. The first-order valence-corrected chi connectivity index (χ1v) is 9.79. The third-order valence-corrected chi connectivity index (χ3v) is 5.59. The minimum atomic E-state index is -0.279. The van der Waals surface area contributed by atoms with Crippen molar-refractivity contribution < 1.29 is 9.53 Å². The van der Waals surface area contributed by atoms with E-state index < -0.39 is 0 Å².